The monoisotopic (exact) mass is 507 g/mol. The van der Waals surface area contributed by atoms with Crippen LogP contribution in [0.25, 0.3) is 17.4 Å². The van der Waals surface area contributed by atoms with Crippen LogP contribution < -0.4 is 0 Å². The van der Waals surface area contributed by atoms with Gasteiger partial charge in [0.05, 0.1) is 11.4 Å². The van der Waals surface area contributed by atoms with Gasteiger partial charge in [0, 0.05) is 26.2 Å². The van der Waals surface area contributed by atoms with Crippen LogP contribution in [0.3, 0.4) is 0 Å². The molecule has 8 heteroatoms. The topological polar surface area (TPSA) is 50.5 Å². The molecule has 1 aromatic heterocycles. The molecule has 4 nitrogen and oxygen atoms in total. The third kappa shape index (κ3) is 4.46. The Kier molecular flexibility index (Phi) is 5.88. The molecular formula is C21H12BrCl2NO3S. The molecule has 0 spiro atoms. The van der Waals surface area contributed by atoms with Crippen molar-refractivity contribution >= 4 is 68.1 Å². The van der Waals surface area contributed by atoms with Crippen molar-refractivity contribution in [3.8, 4) is 11.3 Å². The fourth-order valence-corrected chi connectivity index (χ4v) is 4.50. The van der Waals surface area contributed by atoms with Gasteiger partial charge >= 0.3 is 0 Å². The summed E-state index contributed by atoms with van der Waals surface area (Å²) in [6.07, 6.45) is 1.58. The van der Waals surface area contributed by atoms with Crippen LogP contribution in [-0.4, -0.2) is 16.0 Å². The molecule has 0 unspecified atom stereocenters. The first kappa shape index (κ1) is 20.3. The van der Waals surface area contributed by atoms with Crippen LogP contribution in [0.4, 0.5) is 4.79 Å². The second-order valence-electron chi connectivity index (χ2n) is 6.22. The standard InChI is InChI=1S/C21H12BrCl2NO3S/c22-14-3-1-2-12(8-14)18-7-6-16(28-18)10-19-20(26)25(21(27)29-19)11-13-4-5-15(23)9-17(13)24/h1-10H,11H2/b19-10-. The summed E-state index contributed by atoms with van der Waals surface area (Å²) in [6.45, 7) is 0.0828. The average molecular weight is 509 g/mol. The average Bonchev–Trinajstić information content (AvgIpc) is 3.24. The van der Waals surface area contributed by atoms with E-state index in [4.69, 9.17) is 27.6 Å². The van der Waals surface area contributed by atoms with Crippen LogP contribution in [0.5, 0.6) is 0 Å². The first-order valence-corrected chi connectivity index (χ1v) is 10.8. The number of nitrogens with zero attached hydrogens (tertiary/aromatic N) is 1. The summed E-state index contributed by atoms with van der Waals surface area (Å²) in [5.74, 6) is 0.783. The molecular weight excluding hydrogens is 497 g/mol. The summed E-state index contributed by atoms with van der Waals surface area (Å²) in [5.41, 5.74) is 1.55. The molecule has 3 aromatic rings. The van der Waals surface area contributed by atoms with E-state index in [1.807, 2.05) is 30.3 Å². The molecule has 0 atom stereocenters. The maximum absolute atomic E-state index is 12.7. The van der Waals surface area contributed by atoms with Crippen molar-refractivity contribution in [3.63, 3.8) is 0 Å². The van der Waals surface area contributed by atoms with E-state index < -0.39 is 0 Å². The molecule has 1 fully saturated rings. The highest BCUT2D eigenvalue weighted by Crippen LogP contribution is 2.35. The fraction of sp³-hybridized carbons (Fsp3) is 0.0476. The van der Waals surface area contributed by atoms with Crippen molar-refractivity contribution < 1.29 is 14.0 Å². The predicted octanol–water partition coefficient (Wildman–Crippen LogP) is 7.25. The first-order chi connectivity index (χ1) is 13.9. The van der Waals surface area contributed by atoms with E-state index in [-0.39, 0.29) is 17.7 Å². The third-order valence-electron chi connectivity index (χ3n) is 4.23. The van der Waals surface area contributed by atoms with Gasteiger partial charge in [-0.15, -0.1) is 0 Å². The minimum absolute atomic E-state index is 0.0828. The van der Waals surface area contributed by atoms with Crippen molar-refractivity contribution in [1.82, 2.24) is 4.90 Å². The van der Waals surface area contributed by atoms with Crippen LogP contribution in [-0.2, 0) is 11.3 Å². The van der Waals surface area contributed by atoms with Gasteiger partial charge in [0.2, 0.25) is 0 Å². The van der Waals surface area contributed by atoms with Crippen LogP contribution in [0, 0.1) is 0 Å². The van der Waals surface area contributed by atoms with Gasteiger partial charge in [-0.2, -0.15) is 0 Å². The number of hydrogen-bond donors (Lipinski definition) is 0. The highest BCUT2D eigenvalue weighted by Gasteiger charge is 2.35. The Morgan fingerprint density at radius 3 is 2.66 bits per heavy atom. The van der Waals surface area contributed by atoms with E-state index in [1.165, 1.54) is 0 Å². The Bertz CT molecular complexity index is 1160. The van der Waals surface area contributed by atoms with Gasteiger partial charge in [-0.3, -0.25) is 14.5 Å². The Labute approximate surface area is 189 Å². The number of carbonyl (C=O) groups is 2. The summed E-state index contributed by atoms with van der Waals surface area (Å²) in [5, 5.41) is 0.545. The lowest BCUT2D eigenvalue weighted by molar-refractivity contribution is -0.123. The van der Waals surface area contributed by atoms with Crippen LogP contribution in [0.1, 0.15) is 11.3 Å². The van der Waals surface area contributed by atoms with Crippen molar-refractivity contribution in [2.75, 3.05) is 0 Å². The molecule has 2 heterocycles. The Hall–Kier alpha value is -1.99. The molecule has 2 amide bonds. The minimum atomic E-state index is -0.383. The number of hydrogen-bond acceptors (Lipinski definition) is 4. The molecule has 146 valence electrons. The van der Waals surface area contributed by atoms with E-state index in [9.17, 15) is 9.59 Å². The second-order valence-corrected chi connectivity index (χ2v) is 8.97. The maximum atomic E-state index is 12.7. The largest absolute Gasteiger partial charge is 0.457 e. The van der Waals surface area contributed by atoms with Crippen LogP contribution in [0.2, 0.25) is 10.0 Å². The van der Waals surface area contributed by atoms with E-state index in [0.717, 1.165) is 26.7 Å². The third-order valence-corrected chi connectivity index (χ3v) is 6.21. The number of benzene rings is 2. The zero-order valence-electron chi connectivity index (χ0n) is 14.7. The van der Waals surface area contributed by atoms with Crippen molar-refractivity contribution in [2.24, 2.45) is 0 Å². The van der Waals surface area contributed by atoms with Gasteiger partial charge < -0.3 is 4.42 Å². The van der Waals surface area contributed by atoms with E-state index >= 15 is 0 Å². The number of halogens is 3. The zero-order valence-corrected chi connectivity index (χ0v) is 18.6. The summed E-state index contributed by atoms with van der Waals surface area (Å²) in [6, 6.07) is 16.2. The molecule has 0 bridgehead atoms. The lowest BCUT2D eigenvalue weighted by Crippen LogP contribution is -2.27. The van der Waals surface area contributed by atoms with Crippen molar-refractivity contribution in [1.29, 1.82) is 0 Å². The Balaban J connectivity index is 1.55. The van der Waals surface area contributed by atoms with E-state index in [1.54, 1.807) is 30.3 Å². The normalized spacial score (nSPS) is 15.6. The lowest BCUT2D eigenvalue weighted by Gasteiger charge is -2.13. The predicted molar refractivity (Wildman–Crippen MR) is 120 cm³/mol. The van der Waals surface area contributed by atoms with Gasteiger partial charge in [0.25, 0.3) is 11.1 Å². The summed E-state index contributed by atoms with van der Waals surface area (Å²) < 4.78 is 6.77. The molecule has 1 aliphatic rings. The molecule has 0 N–H and O–H groups in total. The van der Waals surface area contributed by atoms with E-state index in [2.05, 4.69) is 15.9 Å². The summed E-state index contributed by atoms with van der Waals surface area (Å²) >= 11 is 16.4. The smallest absolute Gasteiger partial charge is 0.293 e. The van der Waals surface area contributed by atoms with Gasteiger partial charge in [-0.1, -0.05) is 57.3 Å². The number of amides is 2. The fourth-order valence-electron chi connectivity index (χ4n) is 2.81. The van der Waals surface area contributed by atoms with E-state index in [0.29, 0.717) is 32.0 Å². The highest BCUT2D eigenvalue weighted by molar-refractivity contribution is 9.10. The highest BCUT2D eigenvalue weighted by atomic mass is 79.9. The van der Waals surface area contributed by atoms with Crippen LogP contribution in [0.15, 0.2) is 68.4 Å². The SMILES string of the molecule is O=C1S/C(=C\c2ccc(-c3cccc(Br)c3)o2)C(=O)N1Cc1ccc(Cl)cc1Cl. The lowest BCUT2D eigenvalue weighted by atomic mass is 10.2. The quantitative estimate of drug-likeness (QED) is 0.348. The summed E-state index contributed by atoms with van der Waals surface area (Å²) in [4.78, 5) is 26.5. The summed E-state index contributed by atoms with van der Waals surface area (Å²) in [7, 11) is 0. The van der Waals surface area contributed by atoms with Crippen LogP contribution >= 0.6 is 50.9 Å². The first-order valence-electron chi connectivity index (χ1n) is 8.46. The molecule has 29 heavy (non-hydrogen) atoms. The number of furan rings is 1. The molecule has 2 aromatic carbocycles. The Morgan fingerprint density at radius 2 is 1.90 bits per heavy atom. The number of thioether (sulfide) groups is 1. The number of rotatable bonds is 4. The Morgan fingerprint density at radius 1 is 1.07 bits per heavy atom. The number of carbonyl (C=O) groups excluding carboxylic acids is 2. The second kappa shape index (κ2) is 8.40. The number of imide groups is 1. The van der Waals surface area contributed by atoms with Gasteiger partial charge in [-0.25, -0.2) is 0 Å². The van der Waals surface area contributed by atoms with Gasteiger partial charge in [0.15, 0.2) is 0 Å². The molecule has 0 saturated carbocycles. The van der Waals surface area contributed by atoms with Gasteiger partial charge in [0.1, 0.15) is 11.5 Å². The molecule has 0 aliphatic carbocycles. The molecule has 1 aliphatic heterocycles. The molecule has 1 saturated heterocycles. The molecule has 4 rings (SSSR count). The van der Waals surface area contributed by atoms with Crippen molar-refractivity contribution in [2.45, 2.75) is 6.54 Å². The zero-order chi connectivity index (χ0) is 20.5. The van der Waals surface area contributed by atoms with Gasteiger partial charge in [-0.05, 0) is 53.7 Å². The maximum Gasteiger partial charge on any atom is 0.293 e. The molecule has 0 radical (unpaired) electrons. The minimum Gasteiger partial charge on any atom is -0.457 e. The van der Waals surface area contributed by atoms with Crippen molar-refractivity contribution in [3.05, 3.63) is 85.3 Å².